The van der Waals surface area contributed by atoms with Crippen molar-refractivity contribution in [1.29, 1.82) is 0 Å². The van der Waals surface area contributed by atoms with Gasteiger partial charge in [0.15, 0.2) is 0 Å². The van der Waals surface area contributed by atoms with Gasteiger partial charge in [-0.15, -0.1) is 11.3 Å². The van der Waals surface area contributed by atoms with E-state index in [9.17, 15) is 0 Å². The van der Waals surface area contributed by atoms with Crippen molar-refractivity contribution < 1.29 is 0 Å². The SMILES string of the molecule is CCn1cc(-c2ccsc2CN)cn1. The summed E-state index contributed by atoms with van der Waals surface area (Å²) in [6.07, 6.45) is 3.95. The monoisotopic (exact) mass is 207 g/mol. The molecule has 0 fully saturated rings. The van der Waals surface area contributed by atoms with Gasteiger partial charge in [-0.1, -0.05) is 0 Å². The Labute approximate surface area is 87.2 Å². The molecule has 0 saturated carbocycles. The molecule has 0 unspecified atom stereocenters. The van der Waals surface area contributed by atoms with Gasteiger partial charge in [-0.3, -0.25) is 4.68 Å². The number of nitrogens with zero attached hydrogens (tertiary/aromatic N) is 2. The predicted octanol–water partition coefficient (Wildman–Crippen LogP) is 2.09. The van der Waals surface area contributed by atoms with Crippen molar-refractivity contribution in [1.82, 2.24) is 9.78 Å². The molecule has 3 nitrogen and oxygen atoms in total. The van der Waals surface area contributed by atoms with Crippen LogP contribution in [0.5, 0.6) is 0 Å². The van der Waals surface area contributed by atoms with Gasteiger partial charge in [0, 0.05) is 29.7 Å². The second-order valence-corrected chi connectivity index (χ2v) is 4.05. The molecule has 2 N–H and O–H groups in total. The van der Waals surface area contributed by atoms with E-state index >= 15 is 0 Å². The van der Waals surface area contributed by atoms with Crippen molar-refractivity contribution in [2.75, 3.05) is 0 Å². The third-order valence-electron chi connectivity index (χ3n) is 2.20. The summed E-state index contributed by atoms with van der Waals surface area (Å²) in [5.74, 6) is 0. The molecule has 0 amide bonds. The van der Waals surface area contributed by atoms with Gasteiger partial charge in [-0.2, -0.15) is 5.10 Å². The van der Waals surface area contributed by atoms with Crippen molar-refractivity contribution in [3.63, 3.8) is 0 Å². The topological polar surface area (TPSA) is 43.8 Å². The molecular weight excluding hydrogens is 194 g/mol. The highest BCUT2D eigenvalue weighted by Gasteiger charge is 2.06. The number of nitrogens with two attached hydrogens (primary N) is 1. The molecule has 4 heteroatoms. The predicted molar refractivity (Wildman–Crippen MR) is 59.1 cm³/mol. The molecule has 0 saturated heterocycles. The van der Waals surface area contributed by atoms with E-state index in [0.29, 0.717) is 6.54 Å². The summed E-state index contributed by atoms with van der Waals surface area (Å²) >= 11 is 1.70. The fourth-order valence-electron chi connectivity index (χ4n) is 1.43. The minimum absolute atomic E-state index is 0.601. The van der Waals surface area contributed by atoms with Crippen LogP contribution in [0.1, 0.15) is 11.8 Å². The largest absolute Gasteiger partial charge is 0.326 e. The summed E-state index contributed by atoms with van der Waals surface area (Å²) in [6, 6.07) is 2.10. The molecule has 14 heavy (non-hydrogen) atoms. The molecular formula is C10H13N3S. The second kappa shape index (κ2) is 3.94. The molecule has 0 radical (unpaired) electrons. The van der Waals surface area contributed by atoms with Crippen molar-refractivity contribution in [2.24, 2.45) is 5.73 Å². The molecule has 0 aliphatic carbocycles. The van der Waals surface area contributed by atoms with Crippen molar-refractivity contribution in [3.05, 3.63) is 28.7 Å². The van der Waals surface area contributed by atoms with E-state index in [4.69, 9.17) is 5.73 Å². The van der Waals surface area contributed by atoms with Crippen LogP contribution in [0, 0.1) is 0 Å². The maximum Gasteiger partial charge on any atom is 0.0568 e. The molecule has 0 bridgehead atoms. The van der Waals surface area contributed by atoms with Crippen LogP contribution < -0.4 is 5.73 Å². The third-order valence-corrected chi connectivity index (χ3v) is 3.14. The van der Waals surface area contributed by atoms with Crippen molar-refractivity contribution in [2.45, 2.75) is 20.0 Å². The first kappa shape index (κ1) is 9.43. The zero-order chi connectivity index (χ0) is 9.97. The lowest BCUT2D eigenvalue weighted by atomic mass is 10.1. The van der Waals surface area contributed by atoms with E-state index in [1.807, 2.05) is 10.9 Å². The smallest absolute Gasteiger partial charge is 0.0568 e. The molecule has 74 valence electrons. The van der Waals surface area contributed by atoms with Gasteiger partial charge in [0.05, 0.1) is 6.20 Å². The first-order valence-electron chi connectivity index (χ1n) is 4.64. The lowest BCUT2D eigenvalue weighted by Gasteiger charge is -1.96. The quantitative estimate of drug-likeness (QED) is 0.837. The Balaban J connectivity index is 2.38. The Morgan fingerprint density at radius 1 is 1.57 bits per heavy atom. The number of rotatable bonds is 3. The Bertz CT molecular complexity index is 416. The van der Waals surface area contributed by atoms with Gasteiger partial charge in [0.1, 0.15) is 0 Å². The Morgan fingerprint density at radius 2 is 2.43 bits per heavy atom. The average molecular weight is 207 g/mol. The first-order valence-corrected chi connectivity index (χ1v) is 5.52. The molecule has 0 aliphatic rings. The summed E-state index contributed by atoms with van der Waals surface area (Å²) in [4.78, 5) is 1.22. The number of hydrogen-bond donors (Lipinski definition) is 1. The summed E-state index contributed by atoms with van der Waals surface area (Å²) in [5.41, 5.74) is 8.04. The fraction of sp³-hybridized carbons (Fsp3) is 0.300. The number of aromatic nitrogens is 2. The van der Waals surface area contributed by atoms with Crippen LogP contribution >= 0.6 is 11.3 Å². The lowest BCUT2D eigenvalue weighted by molar-refractivity contribution is 0.660. The van der Waals surface area contributed by atoms with Crippen LogP contribution in [-0.4, -0.2) is 9.78 Å². The number of hydrogen-bond acceptors (Lipinski definition) is 3. The van der Waals surface area contributed by atoms with Gasteiger partial charge in [0.25, 0.3) is 0 Å². The van der Waals surface area contributed by atoms with Crippen LogP contribution in [0.3, 0.4) is 0 Å². The van der Waals surface area contributed by atoms with E-state index in [0.717, 1.165) is 12.1 Å². The first-order chi connectivity index (χ1) is 6.85. The van der Waals surface area contributed by atoms with Crippen molar-refractivity contribution >= 4 is 11.3 Å². The highest BCUT2D eigenvalue weighted by Crippen LogP contribution is 2.27. The summed E-state index contributed by atoms with van der Waals surface area (Å²) < 4.78 is 1.92. The van der Waals surface area contributed by atoms with E-state index in [1.165, 1.54) is 10.4 Å². The van der Waals surface area contributed by atoms with Gasteiger partial charge in [-0.25, -0.2) is 0 Å². The van der Waals surface area contributed by atoms with E-state index < -0.39 is 0 Å². The van der Waals surface area contributed by atoms with E-state index in [-0.39, 0.29) is 0 Å². The Kier molecular flexibility index (Phi) is 2.65. The maximum atomic E-state index is 5.65. The normalized spacial score (nSPS) is 10.7. The minimum atomic E-state index is 0.601. The third kappa shape index (κ3) is 1.58. The molecule has 0 spiro atoms. The van der Waals surface area contributed by atoms with Crippen LogP contribution in [0.15, 0.2) is 23.8 Å². The molecule has 2 heterocycles. The van der Waals surface area contributed by atoms with E-state index in [1.54, 1.807) is 11.3 Å². The molecule has 2 aromatic heterocycles. The standard InChI is InChI=1S/C10H13N3S/c1-2-13-7-8(6-12-13)9-3-4-14-10(9)5-11/h3-4,6-7H,2,5,11H2,1H3. The average Bonchev–Trinajstić information content (AvgIpc) is 2.85. The molecule has 2 rings (SSSR count). The van der Waals surface area contributed by atoms with E-state index in [2.05, 4.69) is 29.7 Å². The second-order valence-electron chi connectivity index (χ2n) is 3.05. The molecule has 0 aliphatic heterocycles. The molecule has 2 aromatic rings. The van der Waals surface area contributed by atoms with Crippen molar-refractivity contribution in [3.8, 4) is 11.1 Å². The zero-order valence-corrected chi connectivity index (χ0v) is 8.92. The lowest BCUT2D eigenvalue weighted by Crippen LogP contribution is -1.94. The number of aryl methyl sites for hydroxylation is 1. The molecule has 0 aromatic carbocycles. The maximum absolute atomic E-state index is 5.65. The van der Waals surface area contributed by atoms with Gasteiger partial charge in [-0.05, 0) is 23.9 Å². The highest BCUT2D eigenvalue weighted by atomic mass is 32.1. The zero-order valence-electron chi connectivity index (χ0n) is 8.10. The van der Waals surface area contributed by atoms with Gasteiger partial charge >= 0.3 is 0 Å². The summed E-state index contributed by atoms with van der Waals surface area (Å²) in [5, 5.41) is 6.32. The number of thiophene rings is 1. The Hall–Kier alpha value is -1.13. The fourth-order valence-corrected chi connectivity index (χ4v) is 2.21. The summed E-state index contributed by atoms with van der Waals surface area (Å²) in [6.45, 7) is 3.58. The van der Waals surface area contributed by atoms with Crippen LogP contribution in [0.25, 0.3) is 11.1 Å². The summed E-state index contributed by atoms with van der Waals surface area (Å²) in [7, 11) is 0. The van der Waals surface area contributed by atoms with Crippen LogP contribution in [-0.2, 0) is 13.1 Å². The van der Waals surface area contributed by atoms with Crippen LogP contribution in [0.4, 0.5) is 0 Å². The van der Waals surface area contributed by atoms with Crippen LogP contribution in [0.2, 0.25) is 0 Å². The van der Waals surface area contributed by atoms with Gasteiger partial charge < -0.3 is 5.73 Å². The minimum Gasteiger partial charge on any atom is -0.326 e. The molecule has 0 atom stereocenters. The van der Waals surface area contributed by atoms with Gasteiger partial charge in [0.2, 0.25) is 0 Å². The highest BCUT2D eigenvalue weighted by molar-refractivity contribution is 7.10. The Morgan fingerprint density at radius 3 is 3.07 bits per heavy atom.